The fourth-order valence-corrected chi connectivity index (χ4v) is 5.24. The number of benzene rings is 3. The number of nitrogens with zero attached hydrogens (tertiary/aromatic N) is 3. The summed E-state index contributed by atoms with van der Waals surface area (Å²) in [5.74, 6) is 0. The van der Waals surface area contributed by atoms with Gasteiger partial charge in [0.1, 0.15) is 11.1 Å². The molecule has 0 N–H and O–H groups in total. The van der Waals surface area contributed by atoms with Crippen molar-refractivity contribution in [3.8, 4) is 22.5 Å². The van der Waals surface area contributed by atoms with Gasteiger partial charge >= 0.3 is 0 Å². The number of aryl methyl sites for hydroxylation is 1. The van der Waals surface area contributed by atoms with Gasteiger partial charge in [-0.3, -0.25) is 0 Å². The molecule has 0 unspecified atom stereocenters. The van der Waals surface area contributed by atoms with Gasteiger partial charge in [-0.15, -0.1) is 65.4 Å². The minimum absolute atomic E-state index is 0. The second kappa shape index (κ2) is 11.4. The number of fused-ring (bicyclic) bond motifs is 5. The zero-order chi connectivity index (χ0) is 30.5. The van der Waals surface area contributed by atoms with Crippen molar-refractivity contribution in [1.82, 2.24) is 15.0 Å². The summed E-state index contributed by atoms with van der Waals surface area (Å²) in [6, 6.07) is 24.9. The van der Waals surface area contributed by atoms with Gasteiger partial charge in [0.2, 0.25) is 0 Å². The summed E-state index contributed by atoms with van der Waals surface area (Å²) in [4.78, 5) is 13.3. The van der Waals surface area contributed by atoms with Crippen molar-refractivity contribution < 1.29 is 30.0 Å². The predicted octanol–water partition coefficient (Wildman–Crippen LogP) is 9.21. The van der Waals surface area contributed by atoms with Crippen LogP contribution in [0.1, 0.15) is 36.8 Å². The Hall–Kier alpha value is -3.70. The Kier molecular flexibility index (Phi) is 6.58. The van der Waals surface area contributed by atoms with E-state index in [9.17, 15) is 0 Å². The molecule has 7 rings (SSSR count). The average Bonchev–Trinajstić information content (AvgIpc) is 3.61. The topological polar surface area (TPSA) is 51.8 Å². The summed E-state index contributed by atoms with van der Waals surface area (Å²) >= 11 is 1.65. The van der Waals surface area contributed by atoms with Gasteiger partial charge < -0.3 is 14.4 Å². The van der Waals surface area contributed by atoms with Crippen LogP contribution in [0, 0.1) is 19.1 Å². The maximum atomic E-state index is 8.26. The first-order valence-corrected chi connectivity index (χ1v) is 13.4. The van der Waals surface area contributed by atoms with Crippen LogP contribution in [0.5, 0.6) is 0 Å². The smallest absolute Gasteiger partial charge is 0.148 e. The Morgan fingerprint density at radius 3 is 2.48 bits per heavy atom. The number of pyridine rings is 2. The monoisotopic (exact) mass is 722 g/mol. The van der Waals surface area contributed by atoms with Crippen LogP contribution in [0.25, 0.3) is 54.7 Å². The molecule has 0 aliphatic rings. The van der Waals surface area contributed by atoms with E-state index in [0.717, 1.165) is 37.3 Å². The van der Waals surface area contributed by atoms with E-state index in [1.807, 2.05) is 61.7 Å². The first-order valence-electron chi connectivity index (χ1n) is 14.5. The summed E-state index contributed by atoms with van der Waals surface area (Å²) < 4.78 is 39.1. The predicted molar refractivity (Wildman–Crippen MR) is 161 cm³/mol. The Morgan fingerprint density at radius 2 is 1.73 bits per heavy atom. The second-order valence-electron chi connectivity index (χ2n) is 10.2. The zero-order valence-electron chi connectivity index (χ0n) is 26.3. The summed E-state index contributed by atoms with van der Waals surface area (Å²) in [6.45, 7) is 8.41. The quantitative estimate of drug-likeness (QED) is 0.167. The van der Waals surface area contributed by atoms with Crippen molar-refractivity contribution in [2.75, 3.05) is 0 Å². The van der Waals surface area contributed by atoms with Crippen LogP contribution in [-0.4, -0.2) is 15.0 Å². The largest absolute Gasteiger partial charge is 0.498 e. The fourth-order valence-electron chi connectivity index (χ4n) is 4.21. The molecule has 6 heteroatoms. The average molecular weight is 722 g/mol. The molecule has 40 heavy (non-hydrogen) atoms. The van der Waals surface area contributed by atoms with Crippen LogP contribution in [0.3, 0.4) is 0 Å². The van der Waals surface area contributed by atoms with Crippen molar-refractivity contribution in [2.24, 2.45) is 0 Å². The van der Waals surface area contributed by atoms with E-state index < -0.39 is 0 Å². The molecule has 7 aromatic rings. The van der Waals surface area contributed by atoms with Crippen LogP contribution >= 0.6 is 11.3 Å². The van der Waals surface area contributed by atoms with E-state index in [1.54, 1.807) is 17.4 Å². The van der Waals surface area contributed by atoms with E-state index in [2.05, 4.69) is 48.9 Å². The van der Waals surface area contributed by atoms with E-state index in [1.165, 1.54) is 5.56 Å². The molecule has 4 aromatic heterocycles. The Morgan fingerprint density at radius 1 is 0.875 bits per heavy atom. The third-order valence-corrected chi connectivity index (χ3v) is 7.65. The Bertz CT molecular complexity index is 2120. The van der Waals surface area contributed by atoms with Crippen LogP contribution in [-0.2, 0) is 25.5 Å². The van der Waals surface area contributed by atoms with Gasteiger partial charge in [0.15, 0.2) is 0 Å². The van der Waals surface area contributed by atoms with Crippen molar-refractivity contribution in [3.63, 3.8) is 0 Å². The normalized spacial score (nSPS) is 12.7. The van der Waals surface area contributed by atoms with E-state index in [0.29, 0.717) is 16.7 Å². The molecule has 201 valence electrons. The summed E-state index contributed by atoms with van der Waals surface area (Å²) in [5, 5.41) is 2.76. The molecule has 4 heterocycles. The number of hydrogen-bond donors (Lipinski definition) is 0. The van der Waals surface area contributed by atoms with Crippen molar-refractivity contribution >= 4 is 43.5 Å². The molecule has 0 bridgehead atoms. The van der Waals surface area contributed by atoms with Crippen molar-refractivity contribution in [2.45, 2.75) is 33.1 Å². The maximum absolute atomic E-state index is 8.26. The van der Waals surface area contributed by atoms with E-state index in [-0.39, 0.29) is 55.5 Å². The van der Waals surface area contributed by atoms with Gasteiger partial charge in [-0.25, -0.2) is 4.98 Å². The molecule has 0 saturated heterocycles. The third kappa shape index (κ3) is 5.48. The molecule has 0 spiro atoms. The van der Waals surface area contributed by atoms with Crippen LogP contribution in [0.15, 0.2) is 95.6 Å². The van der Waals surface area contributed by atoms with E-state index in [4.69, 9.17) is 14.9 Å². The minimum Gasteiger partial charge on any atom is -0.498 e. The first kappa shape index (κ1) is 23.0. The van der Waals surface area contributed by atoms with Gasteiger partial charge in [0, 0.05) is 43.3 Å². The van der Waals surface area contributed by atoms with Gasteiger partial charge in [0.05, 0.1) is 20.8 Å². The molecule has 0 amide bonds. The van der Waals surface area contributed by atoms with Gasteiger partial charge in [-0.2, -0.15) is 0 Å². The number of furan rings is 1. The van der Waals surface area contributed by atoms with Crippen LogP contribution < -0.4 is 0 Å². The fraction of sp³-hybridized carbons (Fsp3) is 0.147. The molecule has 0 saturated carbocycles. The number of thiazole rings is 1. The first-order chi connectivity index (χ1) is 20.5. The number of hydrogen-bond acceptors (Lipinski definition) is 5. The molecule has 4 nitrogen and oxygen atoms in total. The SMILES string of the molecule is Cc1ccc(-c2[c-]cccc2)nc1.[2H]c1nc(-c2[c-]ccc3c2oc2c3ccc3sc(C(C)(C)C)nc32)c([2H])c([2H])c1[2H].[Ir]. The van der Waals surface area contributed by atoms with Crippen LogP contribution in [0.2, 0.25) is 0 Å². The molecule has 0 atom stereocenters. The minimum atomic E-state index is -0.362. The van der Waals surface area contributed by atoms with E-state index >= 15 is 0 Å². The van der Waals surface area contributed by atoms with Gasteiger partial charge in [-0.1, -0.05) is 62.0 Å². The number of aromatic nitrogens is 3. The Labute approximate surface area is 257 Å². The molecule has 0 aliphatic heterocycles. The standard InChI is InChI=1S/C22H17N2OS.C12H10N.Ir/c1-22(2,3)21-24-18-17(26-21)11-10-14-13-7-6-8-15(19(13)25-20(14)18)16-9-4-5-12-23-16;1-10-7-8-12(13-9-10)11-5-3-2-4-6-11;/h4-7,9-12H,1-3H3;2-5,7-9H,1H3;/q2*-1;/i4D,5D,9D,12D;;. The molecule has 0 fully saturated rings. The summed E-state index contributed by atoms with van der Waals surface area (Å²) in [7, 11) is 0. The van der Waals surface area contributed by atoms with Gasteiger partial charge in [0.25, 0.3) is 0 Å². The molecule has 1 radical (unpaired) electrons. The number of rotatable bonds is 2. The summed E-state index contributed by atoms with van der Waals surface area (Å²) in [5.41, 5.74) is 5.61. The zero-order valence-corrected chi connectivity index (χ0v) is 25.6. The summed E-state index contributed by atoms with van der Waals surface area (Å²) in [6.07, 6.45) is 1.53. The molecular formula is C34H27IrN3OS-2. The molecular weight excluding hydrogens is 691 g/mol. The van der Waals surface area contributed by atoms with Crippen molar-refractivity contribution in [1.29, 1.82) is 0 Å². The second-order valence-corrected chi connectivity index (χ2v) is 11.2. The maximum Gasteiger partial charge on any atom is 0.148 e. The molecule has 3 aromatic carbocycles. The van der Waals surface area contributed by atoms with Crippen LogP contribution in [0.4, 0.5) is 0 Å². The Balaban J connectivity index is 0.000000230. The van der Waals surface area contributed by atoms with Gasteiger partial charge in [-0.05, 0) is 36.0 Å². The third-order valence-electron chi connectivity index (χ3n) is 6.20. The molecule has 0 aliphatic carbocycles. The van der Waals surface area contributed by atoms with Crippen molar-refractivity contribution in [3.05, 3.63) is 114 Å².